The molecule has 0 saturated carbocycles. The van der Waals surface area contributed by atoms with Crippen molar-refractivity contribution in [3.63, 3.8) is 0 Å². The Labute approximate surface area is 171 Å². The highest BCUT2D eigenvalue weighted by Crippen LogP contribution is 2.44. The normalized spacial score (nSPS) is 32.1. The van der Waals surface area contributed by atoms with Gasteiger partial charge >= 0.3 is 6.03 Å². The first-order chi connectivity index (χ1) is 14.1. The van der Waals surface area contributed by atoms with Crippen LogP contribution in [0.3, 0.4) is 0 Å². The third kappa shape index (κ3) is 3.41. The molecule has 4 atom stereocenters. The molecule has 4 heterocycles. The molecule has 0 aromatic heterocycles. The summed E-state index contributed by atoms with van der Waals surface area (Å²) in [5.41, 5.74) is 1.41. The number of likely N-dealkylation sites (tertiary alicyclic amines) is 1. The fraction of sp³-hybridized carbons (Fsp3) is 0.591. The van der Waals surface area contributed by atoms with E-state index in [1.54, 1.807) is 0 Å². The summed E-state index contributed by atoms with van der Waals surface area (Å²) in [6.45, 7) is 2.35. The van der Waals surface area contributed by atoms with Crippen molar-refractivity contribution in [2.75, 3.05) is 32.7 Å². The van der Waals surface area contributed by atoms with Gasteiger partial charge in [-0.25, -0.2) is 4.79 Å². The molecule has 29 heavy (non-hydrogen) atoms. The lowest BCUT2D eigenvalue weighted by Crippen LogP contribution is -2.61. The molecule has 7 nitrogen and oxygen atoms in total. The largest absolute Gasteiger partial charge is 0.340 e. The number of nitrogens with zero attached hydrogens (tertiary/aromatic N) is 3. The Balaban J connectivity index is 1.29. The molecule has 4 aliphatic heterocycles. The van der Waals surface area contributed by atoms with Crippen molar-refractivity contribution in [3.05, 3.63) is 35.9 Å². The Hall–Kier alpha value is -2.41. The minimum absolute atomic E-state index is 0.00469. The molecule has 2 bridgehead atoms. The molecule has 4 saturated heterocycles. The predicted octanol–water partition coefficient (Wildman–Crippen LogP) is 1.61. The number of imide groups is 1. The quantitative estimate of drug-likeness (QED) is 0.788. The number of benzene rings is 1. The van der Waals surface area contributed by atoms with Gasteiger partial charge in [-0.2, -0.15) is 0 Å². The van der Waals surface area contributed by atoms with Gasteiger partial charge in [0.2, 0.25) is 5.91 Å². The maximum absolute atomic E-state index is 12.9. The van der Waals surface area contributed by atoms with Gasteiger partial charge in [-0.05, 0) is 43.1 Å². The van der Waals surface area contributed by atoms with E-state index in [9.17, 15) is 14.4 Å². The molecular formula is C22H28N4O3. The highest BCUT2D eigenvalue weighted by Gasteiger charge is 2.46. The van der Waals surface area contributed by atoms with Crippen LogP contribution < -0.4 is 5.32 Å². The van der Waals surface area contributed by atoms with E-state index in [0.717, 1.165) is 24.5 Å². The summed E-state index contributed by atoms with van der Waals surface area (Å²) in [5.74, 6) is 0.515. The molecule has 0 unspecified atom stereocenters. The molecule has 7 heteroatoms. The number of hydrogen-bond acceptors (Lipinski definition) is 4. The van der Waals surface area contributed by atoms with Crippen LogP contribution in [0.2, 0.25) is 0 Å². The first-order valence-corrected chi connectivity index (χ1v) is 10.8. The van der Waals surface area contributed by atoms with E-state index >= 15 is 0 Å². The Morgan fingerprint density at radius 2 is 1.90 bits per heavy atom. The lowest BCUT2D eigenvalue weighted by Gasteiger charge is -2.55. The van der Waals surface area contributed by atoms with Crippen molar-refractivity contribution < 1.29 is 14.4 Å². The molecule has 1 aromatic carbocycles. The van der Waals surface area contributed by atoms with Crippen LogP contribution in [0.4, 0.5) is 4.79 Å². The number of nitrogens with one attached hydrogen (secondary N) is 1. The van der Waals surface area contributed by atoms with Gasteiger partial charge in [-0.1, -0.05) is 30.3 Å². The van der Waals surface area contributed by atoms with Crippen LogP contribution in [0.15, 0.2) is 30.3 Å². The number of rotatable bonds is 3. The van der Waals surface area contributed by atoms with E-state index in [-0.39, 0.29) is 24.9 Å². The lowest BCUT2D eigenvalue weighted by molar-refractivity contribution is -0.142. The SMILES string of the molecule is O=C(CN1C(=O)CNC1=O)N1C[C@@H]2C[C@H](C1)[C@@H]1CCC[C@H](c3ccccc3)N1C2. The highest BCUT2D eigenvalue weighted by atomic mass is 16.2. The Bertz CT molecular complexity index is 798. The van der Waals surface area contributed by atoms with Crippen LogP contribution in [0, 0.1) is 11.8 Å². The van der Waals surface area contributed by atoms with Crippen LogP contribution in [-0.2, 0) is 9.59 Å². The second kappa shape index (κ2) is 7.44. The van der Waals surface area contributed by atoms with Gasteiger partial charge in [0.1, 0.15) is 6.54 Å². The smallest absolute Gasteiger partial charge is 0.325 e. The molecule has 0 aliphatic carbocycles. The van der Waals surface area contributed by atoms with Crippen LogP contribution in [0.25, 0.3) is 0 Å². The molecule has 5 rings (SSSR count). The average molecular weight is 396 g/mol. The summed E-state index contributed by atoms with van der Waals surface area (Å²) in [6, 6.07) is 11.3. The van der Waals surface area contributed by atoms with E-state index in [4.69, 9.17) is 0 Å². The summed E-state index contributed by atoms with van der Waals surface area (Å²) >= 11 is 0. The van der Waals surface area contributed by atoms with Crippen molar-refractivity contribution in [1.29, 1.82) is 0 Å². The van der Waals surface area contributed by atoms with Crippen LogP contribution >= 0.6 is 0 Å². The molecule has 4 aliphatic rings. The monoisotopic (exact) mass is 396 g/mol. The lowest BCUT2D eigenvalue weighted by atomic mass is 9.74. The van der Waals surface area contributed by atoms with Gasteiger partial charge in [0.25, 0.3) is 5.91 Å². The highest BCUT2D eigenvalue weighted by molar-refractivity contribution is 6.04. The molecule has 154 valence electrons. The summed E-state index contributed by atoms with van der Waals surface area (Å²) < 4.78 is 0. The van der Waals surface area contributed by atoms with Gasteiger partial charge in [0.05, 0.1) is 6.54 Å². The second-order valence-corrected chi connectivity index (χ2v) is 8.92. The second-order valence-electron chi connectivity index (χ2n) is 8.92. The van der Waals surface area contributed by atoms with Crippen molar-refractivity contribution in [1.82, 2.24) is 20.0 Å². The third-order valence-corrected chi connectivity index (χ3v) is 7.15. The van der Waals surface area contributed by atoms with Gasteiger partial charge in [0, 0.05) is 31.7 Å². The maximum atomic E-state index is 12.9. The number of amides is 4. The number of hydrogen-bond donors (Lipinski definition) is 1. The summed E-state index contributed by atoms with van der Waals surface area (Å²) in [4.78, 5) is 42.1. The number of carbonyl (C=O) groups excluding carboxylic acids is 3. The zero-order valence-electron chi connectivity index (χ0n) is 16.6. The van der Waals surface area contributed by atoms with Crippen molar-refractivity contribution >= 4 is 17.8 Å². The van der Waals surface area contributed by atoms with E-state index in [1.807, 2.05) is 4.90 Å². The van der Waals surface area contributed by atoms with E-state index in [2.05, 4.69) is 40.5 Å². The summed E-state index contributed by atoms with van der Waals surface area (Å²) in [7, 11) is 0. The standard InChI is InChI=1S/C22H28N4O3/c27-20-10-23-22(29)26(20)14-21(28)24-11-15-9-17(13-24)19-8-4-7-18(25(19)12-15)16-5-2-1-3-6-16/h1-3,5-6,15,17-19H,4,7-14H2,(H,23,29)/t15-,17+,18+,19-/m0/s1. The minimum atomic E-state index is -0.454. The minimum Gasteiger partial charge on any atom is -0.340 e. The molecule has 4 fully saturated rings. The number of urea groups is 1. The van der Waals surface area contributed by atoms with Gasteiger partial charge in [0.15, 0.2) is 0 Å². The summed E-state index contributed by atoms with van der Waals surface area (Å²) in [5, 5.41) is 2.49. The molecule has 0 spiro atoms. The number of piperidine rings is 3. The average Bonchev–Trinajstić information content (AvgIpc) is 3.06. The molecule has 1 aromatic rings. The Kier molecular flexibility index (Phi) is 4.78. The summed E-state index contributed by atoms with van der Waals surface area (Å²) in [6.07, 6.45) is 4.79. The number of carbonyl (C=O) groups is 3. The van der Waals surface area contributed by atoms with Gasteiger partial charge in [-0.15, -0.1) is 0 Å². The third-order valence-electron chi connectivity index (χ3n) is 7.15. The maximum Gasteiger partial charge on any atom is 0.325 e. The van der Waals surface area contributed by atoms with Gasteiger partial charge < -0.3 is 10.2 Å². The molecular weight excluding hydrogens is 368 g/mol. The van der Waals surface area contributed by atoms with E-state index in [0.29, 0.717) is 23.9 Å². The van der Waals surface area contributed by atoms with Crippen LogP contribution in [0.5, 0.6) is 0 Å². The topological polar surface area (TPSA) is 73.0 Å². The molecule has 0 radical (unpaired) electrons. The van der Waals surface area contributed by atoms with E-state index in [1.165, 1.54) is 31.2 Å². The van der Waals surface area contributed by atoms with Crippen molar-refractivity contribution in [2.24, 2.45) is 11.8 Å². The van der Waals surface area contributed by atoms with Crippen molar-refractivity contribution in [2.45, 2.75) is 37.8 Å². The zero-order valence-corrected chi connectivity index (χ0v) is 16.6. The Morgan fingerprint density at radius 1 is 1.07 bits per heavy atom. The zero-order chi connectivity index (χ0) is 20.0. The Morgan fingerprint density at radius 3 is 2.66 bits per heavy atom. The van der Waals surface area contributed by atoms with Crippen molar-refractivity contribution in [3.8, 4) is 0 Å². The molecule has 1 N–H and O–H groups in total. The molecule has 4 amide bonds. The fourth-order valence-corrected chi connectivity index (χ4v) is 5.90. The van der Waals surface area contributed by atoms with E-state index < -0.39 is 6.03 Å². The first-order valence-electron chi connectivity index (χ1n) is 10.8. The number of fused-ring (bicyclic) bond motifs is 4. The van der Waals surface area contributed by atoms with Gasteiger partial charge in [-0.3, -0.25) is 19.4 Å². The van der Waals surface area contributed by atoms with Crippen LogP contribution in [0.1, 0.15) is 37.3 Å². The predicted molar refractivity (Wildman–Crippen MR) is 107 cm³/mol. The van der Waals surface area contributed by atoms with Crippen LogP contribution in [-0.4, -0.2) is 71.3 Å². The fourth-order valence-electron chi connectivity index (χ4n) is 5.90. The first kappa shape index (κ1) is 18.6.